The molecule has 0 bridgehead atoms. The number of aromatic nitrogens is 2. The molecule has 4 rings (SSSR count). The van der Waals surface area contributed by atoms with Gasteiger partial charge in [0.1, 0.15) is 5.69 Å². The molecule has 1 saturated heterocycles. The van der Waals surface area contributed by atoms with E-state index in [-0.39, 0.29) is 24.1 Å². The van der Waals surface area contributed by atoms with E-state index in [0.29, 0.717) is 30.9 Å². The highest BCUT2D eigenvalue weighted by Gasteiger charge is 2.31. The first kappa shape index (κ1) is 21.4. The smallest absolute Gasteiger partial charge is 0.349 e. The predicted octanol–water partition coefficient (Wildman–Crippen LogP) is 2.38. The zero-order chi connectivity index (χ0) is 22.0. The van der Waals surface area contributed by atoms with Crippen LogP contribution in [0.2, 0.25) is 0 Å². The summed E-state index contributed by atoms with van der Waals surface area (Å²) in [5.74, 6) is -0.613. The summed E-state index contributed by atoms with van der Waals surface area (Å²) in [6, 6.07) is 6.26. The number of hydrogen-bond acceptors (Lipinski definition) is 4. The van der Waals surface area contributed by atoms with Gasteiger partial charge in [-0.15, -0.1) is 0 Å². The molecule has 3 heterocycles. The maximum Gasteiger partial charge on any atom is 0.416 e. The third-order valence-electron chi connectivity index (χ3n) is 5.67. The number of likely N-dealkylation sites (tertiary alicyclic amines) is 1. The van der Waals surface area contributed by atoms with Crippen LogP contribution in [0.1, 0.15) is 44.9 Å². The Morgan fingerprint density at radius 3 is 2.45 bits per heavy atom. The summed E-state index contributed by atoms with van der Waals surface area (Å²) < 4.78 is 39.7. The van der Waals surface area contributed by atoms with Crippen LogP contribution in [0.25, 0.3) is 0 Å². The molecule has 0 atom stereocenters. The average Bonchev–Trinajstić information content (AvgIpc) is 3.40. The van der Waals surface area contributed by atoms with Gasteiger partial charge in [0.25, 0.3) is 11.8 Å². The molecule has 2 amide bonds. The van der Waals surface area contributed by atoms with Gasteiger partial charge in [0, 0.05) is 32.2 Å². The summed E-state index contributed by atoms with van der Waals surface area (Å²) in [5.41, 5.74) is 0.387. The van der Waals surface area contributed by atoms with Gasteiger partial charge in [-0.1, -0.05) is 12.1 Å². The van der Waals surface area contributed by atoms with E-state index >= 15 is 0 Å². The summed E-state index contributed by atoms with van der Waals surface area (Å²) in [7, 11) is 0. The summed E-state index contributed by atoms with van der Waals surface area (Å²) in [4.78, 5) is 29.1. The average molecular weight is 435 g/mol. The minimum Gasteiger partial charge on any atom is -0.349 e. The van der Waals surface area contributed by atoms with Gasteiger partial charge in [0.15, 0.2) is 5.69 Å². The van der Waals surface area contributed by atoms with E-state index in [2.05, 4.69) is 15.3 Å². The molecule has 1 N–H and O–H groups in total. The van der Waals surface area contributed by atoms with Gasteiger partial charge in [0.05, 0.1) is 12.1 Å². The second-order valence-corrected chi connectivity index (χ2v) is 7.86. The number of carbonyl (C=O) groups is 2. The number of hydrogen-bond donors (Lipinski definition) is 1. The predicted molar refractivity (Wildman–Crippen MR) is 106 cm³/mol. The lowest BCUT2D eigenvalue weighted by Crippen LogP contribution is -2.39. The van der Waals surface area contributed by atoms with E-state index < -0.39 is 11.7 Å². The molecule has 2 aliphatic heterocycles. The topological polar surface area (TPSA) is 70.5 Å². The Balaban J connectivity index is 1.36. The van der Waals surface area contributed by atoms with Crippen LogP contribution in [-0.2, 0) is 19.3 Å². The number of nitrogens with zero attached hydrogens (tertiary/aromatic N) is 4. The Kier molecular flexibility index (Phi) is 5.99. The van der Waals surface area contributed by atoms with E-state index in [4.69, 9.17) is 0 Å². The molecule has 7 nitrogen and oxygen atoms in total. The normalized spacial score (nSPS) is 17.1. The maximum atomic E-state index is 12.8. The molecule has 10 heteroatoms. The van der Waals surface area contributed by atoms with Crippen molar-refractivity contribution in [1.29, 1.82) is 0 Å². The van der Waals surface area contributed by atoms with Crippen molar-refractivity contribution in [3.05, 3.63) is 52.8 Å². The lowest BCUT2D eigenvalue weighted by atomic mass is 10.1. The number of benzene rings is 1. The number of nitrogens with one attached hydrogen (secondary N) is 1. The Morgan fingerprint density at radius 1 is 1.06 bits per heavy atom. The lowest BCUT2D eigenvalue weighted by molar-refractivity contribution is -0.137. The molecule has 1 fully saturated rings. The first-order valence-corrected chi connectivity index (χ1v) is 10.3. The van der Waals surface area contributed by atoms with Crippen molar-refractivity contribution in [3.63, 3.8) is 0 Å². The highest BCUT2D eigenvalue weighted by molar-refractivity contribution is 5.98. The van der Waals surface area contributed by atoms with Crippen LogP contribution < -0.4 is 5.32 Å². The van der Waals surface area contributed by atoms with Crippen LogP contribution in [0.15, 0.2) is 30.3 Å². The Morgan fingerprint density at radius 2 is 1.77 bits per heavy atom. The fourth-order valence-corrected chi connectivity index (χ4v) is 3.94. The van der Waals surface area contributed by atoms with Crippen molar-refractivity contribution in [2.45, 2.75) is 32.1 Å². The second kappa shape index (κ2) is 8.70. The molecular formula is C21H24F3N5O2. The van der Waals surface area contributed by atoms with E-state index in [1.165, 1.54) is 35.7 Å². The van der Waals surface area contributed by atoms with Crippen molar-refractivity contribution in [1.82, 2.24) is 24.9 Å². The Hall–Kier alpha value is -2.88. The van der Waals surface area contributed by atoms with E-state index in [9.17, 15) is 22.8 Å². The molecular weight excluding hydrogens is 411 g/mol. The lowest BCUT2D eigenvalue weighted by Gasteiger charge is -2.27. The monoisotopic (exact) mass is 435 g/mol. The molecule has 0 aliphatic carbocycles. The first-order valence-electron chi connectivity index (χ1n) is 10.3. The van der Waals surface area contributed by atoms with E-state index in [1.54, 1.807) is 4.90 Å². The molecule has 166 valence electrons. The van der Waals surface area contributed by atoms with Gasteiger partial charge in [-0.2, -0.15) is 18.3 Å². The SMILES string of the molecule is O=C(NCCN1CCCC1)c1cc2n(n1)CCN(Cc1ccc(C(F)(F)F)cc1)C2=O. The minimum atomic E-state index is -4.39. The van der Waals surface area contributed by atoms with Gasteiger partial charge >= 0.3 is 6.18 Å². The van der Waals surface area contributed by atoms with Crippen LogP contribution in [-0.4, -0.2) is 64.1 Å². The molecule has 31 heavy (non-hydrogen) atoms. The number of carbonyl (C=O) groups excluding carboxylic acids is 2. The highest BCUT2D eigenvalue weighted by atomic mass is 19.4. The van der Waals surface area contributed by atoms with Crippen molar-refractivity contribution in [2.75, 3.05) is 32.7 Å². The fourth-order valence-electron chi connectivity index (χ4n) is 3.94. The molecule has 2 aromatic rings. The maximum absolute atomic E-state index is 12.8. The summed E-state index contributed by atoms with van der Waals surface area (Å²) in [6.45, 7) is 4.40. The van der Waals surface area contributed by atoms with Gasteiger partial charge in [0.2, 0.25) is 0 Å². The van der Waals surface area contributed by atoms with Crippen LogP contribution in [0.5, 0.6) is 0 Å². The first-order chi connectivity index (χ1) is 14.8. The van der Waals surface area contributed by atoms with Crippen LogP contribution >= 0.6 is 0 Å². The molecule has 0 radical (unpaired) electrons. The standard InChI is InChI=1S/C21H24F3N5O2/c22-21(23,24)16-5-3-15(4-6-16)14-28-11-12-29-18(20(28)31)13-17(26-29)19(30)25-7-10-27-8-1-2-9-27/h3-6,13H,1-2,7-12,14H2,(H,25,30). The van der Waals surface area contributed by atoms with Crippen LogP contribution in [0, 0.1) is 0 Å². The fraction of sp³-hybridized carbons (Fsp3) is 0.476. The van der Waals surface area contributed by atoms with Gasteiger partial charge < -0.3 is 15.1 Å². The zero-order valence-corrected chi connectivity index (χ0v) is 17.0. The Bertz CT molecular complexity index is 949. The highest BCUT2D eigenvalue weighted by Crippen LogP contribution is 2.29. The van der Waals surface area contributed by atoms with Gasteiger partial charge in [-0.05, 0) is 43.6 Å². The minimum absolute atomic E-state index is 0.194. The van der Waals surface area contributed by atoms with E-state index in [1.807, 2.05) is 0 Å². The molecule has 1 aromatic heterocycles. The number of halogens is 3. The summed E-state index contributed by atoms with van der Waals surface area (Å²) in [5, 5.41) is 7.10. The third kappa shape index (κ3) is 4.90. The van der Waals surface area contributed by atoms with Crippen LogP contribution in [0.3, 0.4) is 0 Å². The Labute approximate surface area is 177 Å². The summed E-state index contributed by atoms with van der Waals surface area (Å²) >= 11 is 0. The number of alkyl halides is 3. The molecule has 1 aromatic carbocycles. The number of fused-ring (bicyclic) bond motifs is 1. The molecule has 0 unspecified atom stereocenters. The van der Waals surface area contributed by atoms with Gasteiger partial charge in [-0.3, -0.25) is 14.3 Å². The number of rotatable bonds is 6. The number of amides is 2. The second-order valence-electron chi connectivity index (χ2n) is 7.86. The third-order valence-corrected chi connectivity index (χ3v) is 5.67. The van der Waals surface area contributed by atoms with Crippen molar-refractivity contribution >= 4 is 11.8 Å². The van der Waals surface area contributed by atoms with Gasteiger partial charge in [-0.25, -0.2) is 0 Å². The summed E-state index contributed by atoms with van der Waals surface area (Å²) in [6.07, 6.45) is -2.02. The van der Waals surface area contributed by atoms with E-state index in [0.717, 1.165) is 31.8 Å². The van der Waals surface area contributed by atoms with Crippen molar-refractivity contribution in [2.24, 2.45) is 0 Å². The largest absolute Gasteiger partial charge is 0.416 e. The van der Waals surface area contributed by atoms with Crippen molar-refractivity contribution < 1.29 is 22.8 Å². The molecule has 0 spiro atoms. The zero-order valence-electron chi connectivity index (χ0n) is 17.0. The van der Waals surface area contributed by atoms with Crippen molar-refractivity contribution in [3.8, 4) is 0 Å². The quantitative estimate of drug-likeness (QED) is 0.757. The molecule has 2 aliphatic rings. The van der Waals surface area contributed by atoms with Crippen LogP contribution in [0.4, 0.5) is 13.2 Å². The molecule has 0 saturated carbocycles.